The third-order valence-electron chi connectivity index (χ3n) is 6.24. The van der Waals surface area contributed by atoms with E-state index in [2.05, 4.69) is 26.1 Å². The zero-order valence-corrected chi connectivity index (χ0v) is 20.2. The predicted molar refractivity (Wildman–Crippen MR) is 129 cm³/mol. The van der Waals surface area contributed by atoms with Gasteiger partial charge >= 0.3 is 0 Å². The van der Waals surface area contributed by atoms with Gasteiger partial charge < -0.3 is 10.2 Å². The molecule has 2 aromatic rings. The molecule has 6 nitrogen and oxygen atoms in total. The van der Waals surface area contributed by atoms with Crippen LogP contribution in [0.15, 0.2) is 36.4 Å². The van der Waals surface area contributed by atoms with Gasteiger partial charge in [0.25, 0.3) is 0 Å². The molecule has 1 heterocycles. The van der Waals surface area contributed by atoms with Crippen molar-refractivity contribution < 1.29 is 9.59 Å². The molecule has 1 N–H and O–H groups in total. The maximum Gasteiger partial charge on any atom is 0.245 e. The third-order valence-corrected chi connectivity index (χ3v) is 6.24. The van der Waals surface area contributed by atoms with Crippen LogP contribution in [0.1, 0.15) is 78.8 Å². The van der Waals surface area contributed by atoms with Gasteiger partial charge in [0.2, 0.25) is 11.8 Å². The van der Waals surface area contributed by atoms with Crippen molar-refractivity contribution in [1.82, 2.24) is 14.7 Å². The van der Waals surface area contributed by atoms with Crippen LogP contribution in [-0.2, 0) is 15.0 Å². The molecule has 32 heavy (non-hydrogen) atoms. The number of amides is 2. The third kappa shape index (κ3) is 6.21. The number of carbonyl (C=O) groups is 2. The molecule has 0 saturated heterocycles. The van der Waals surface area contributed by atoms with Crippen molar-refractivity contribution in [3.05, 3.63) is 42.1 Å². The van der Waals surface area contributed by atoms with Crippen molar-refractivity contribution in [2.75, 3.05) is 11.9 Å². The molecule has 1 aliphatic carbocycles. The molecule has 0 unspecified atom stereocenters. The zero-order valence-electron chi connectivity index (χ0n) is 20.2. The minimum atomic E-state index is -0.203. The van der Waals surface area contributed by atoms with Crippen LogP contribution in [0.4, 0.5) is 5.82 Å². The van der Waals surface area contributed by atoms with Crippen LogP contribution in [0.3, 0.4) is 0 Å². The van der Waals surface area contributed by atoms with Gasteiger partial charge in [-0.1, -0.05) is 64.7 Å². The van der Waals surface area contributed by atoms with E-state index in [1.807, 2.05) is 50.2 Å². The number of para-hydroxylation sites is 1. The summed E-state index contributed by atoms with van der Waals surface area (Å²) in [5.74, 6) is 1.14. The van der Waals surface area contributed by atoms with Crippen LogP contribution >= 0.6 is 0 Å². The first-order chi connectivity index (χ1) is 15.1. The van der Waals surface area contributed by atoms with Crippen LogP contribution in [0, 0.1) is 5.92 Å². The van der Waals surface area contributed by atoms with Crippen molar-refractivity contribution in [1.29, 1.82) is 0 Å². The molecular formula is C26H38N4O2. The smallest absolute Gasteiger partial charge is 0.245 e. The minimum absolute atomic E-state index is 0.0269. The highest BCUT2D eigenvalue weighted by atomic mass is 16.2. The Morgan fingerprint density at radius 1 is 1.16 bits per heavy atom. The van der Waals surface area contributed by atoms with Gasteiger partial charge in [-0.2, -0.15) is 5.10 Å². The fraction of sp³-hybridized carbons (Fsp3) is 0.577. The van der Waals surface area contributed by atoms with Gasteiger partial charge in [0.05, 0.1) is 11.4 Å². The maximum absolute atomic E-state index is 13.0. The predicted octanol–water partition coefficient (Wildman–Crippen LogP) is 5.32. The number of hydrogen-bond donors (Lipinski definition) is 1. The summed E-state index contributed by atoms with van der Waals surface area (Å²) >= 11 is 0. The lowest BCUT2D eigenvalue weighted by Gasteiger charge is -2.26. The van der Waals surface area contributed by atoms with E-state index in [0.717, 1.165) is 17.8 Å². The Hall–Kier alpha value is -2.63. The van der Waals surface area contributed by atoms with Gasteiger partial charge in [-0.25, -0.2) is 4.68 Å². The minimum Gasteiger partial charge on any atom is -0.331 e. The molecule has 0 radical (unpaired) electrons. The van der Waals surface area contributed by atoms with Crippen molar-refractivity contribution >= 4 is 17.6 Å². The second kappa shape index (κ2) is 10.3. The quantitative estimate of drug-likeness (QED) is 0.607. The molecular weight excluding hydrogens is 400 g/mol. The molecule has 1 aromatic heterocycles. The normalized spacial score (nSPS) is 14.7. The summed E-state index contributed by atoms with van der Waals surface area (Å²) in [5, 5.41) is 7.76. The van der Waals surface area contributed by atoms with Crippen molar-refractivity contribution in [2.45, 2.75) is 84.6 Å². The molecule has 0 aliphatic heterocycles. The summed E-state index contributed by atoms with van der Waals surface area (Å²) in [6.07, 6.45) is 6.47. The number of carbonyl (C=O) groups excluding carboxylic acids is 2. The number of hydrogen-bond acceptors (Lipinski definition) is 3. The number of nitrogens with zero attached hydrogens (tertiary/aromatic N) is 3. The monoisotopic (exact) mass is 438 g/mol. The van der Waals surface area contributed by atoms with Crippen molar-refractivity contribution in [3.8, 4) is 5.69 Å². The highest BCUT2D eigenvalue weighted by molar-refractivity contribution is 5.94. The van der Waals surface area contributed by atoms with Gasteiger partial charge in [0.1, 0.15) is 12.4 Å². The van der Waals surface area contributed by atoms with Crippen LogP contribution in [0.25, 0.3) is 5.69 Å². The van der Waals surface area contributed by atoms with E-state index in [4.69, 9.17) is 5.10 Å². The first-order valence-corrected chi connectivity index (χ1v) is 11.9. The summed E-state index contributed by atoms with van der Waals surface area (Å²) in [5.41, 5.74) is 1.62. The van der Waals surface area contributed by atoms with Crippen molar-refractivity contribution in [3.63, 3.8) is 0 Å². The molecule has 174 valence electrons. The first kappa shape index (κ1) is 24.0. The van der Waals surface area contributed by atoms with E-state index in [0.29, 0.717) is 18.2 Å². The molecule has 1 saturated carbocycles. The van der Waals surface area contributed by atoms with Gasteiger partial charge in [-0.05, 0) is 38.3 Å². The average molecular weight is 439 g/mol. The topological polar surface area (TPSA) is 67.2 Å². The highest BCUT2D eigenvalue weighted by Gasteiger charge is 2.25. The van der Waals surface area contributed by atoms with Crippen LogP contribution < -0.4 is 5.32 Å². The van der Waals surface area contributed by atoms with E-state index < -0.39 is 0 Å². The van der Waals surface area contributed by atoms with Crippen molar-refractivity contribution in [2.24, 2.45) is 5.92 Å². The maximum atomic E-state index is 13.0. The van der Waals surface area contributed by atoms with Crippen LogP contribution in [-0.4, -0.2) is 39.1 Å². The van der Waals surface area contributed by atoms with Crippen LogP contribution in [0.5, 0.6) is 0 Å². The number of aromatic nitrogens is 2. The lowest BCUT2D eigenvalue weighted by molar-refractivity contribution is -0.136. The van der Waals surface area contributed by atoms with Crippen LogP contribution in [0.2, 0.25) is 0 Å². The Kier molecular flexibility index (Phi) is 7.75. The lowest BCUT2D eigenvalue weighted by Crippen LogP contribution is -2.42. The first-order valence-electron chi connectivity index (χ1n) is 11.9. The Morgan fingerprint density at radius 2 is 1.81 bits per heavy atom. The van der Waals surface area contributed by atoms with E-state index in [-0.39, 0.29) is 29.8 Å². The molecule has 3 rings (SSSR count). The Bertz CT molecular complexity index is 906. The molecule has 1 fully saturated rings. The van der Waals surface area contributed by atoms with Gasteiger partial charge in [0, 0.05) is 23.9 Å². The Balaban J connectivity index is 1.71. The summed E-state index contributed by atoms with van der Waals surface area (Å²) in [4.78, 5) is 27.6. The van der Waals surface area contributed by atoms with E-state index in [1.165, 1.54) is 25.7 Å². The van der Waals surface area contributed by atoms with E-state index >= 15 is 0 Å². The number of anilines is 1. The average Bonchev–Trinajstić information content (AvgIpc) is 3.40. The lowest BCUT2D eigenvalue weighted by atomic mass is 9.92. The van der Waals surface area contributed by atoms with E-state index in [9.17, 15) is 9.59 Å². The van der Waals surface area contributed by atoms with E-state index in [1.54, 1.807) is 9.58 Å². The summed E-state index contributed by atoms with van der Waals surface area (Å²) in [7, 11) is 0. The summed E-state index contributed by atoms with van der Waals surface area (Å²) in [6.45, 7) is 10.3. The standard InChI is InChI=1S/C26H38N4O2/c1-19(2)29(25(32)16-15-20-11-9-10-12-20)18-24(31)27-23-17-22(26(3,4)5)28-30(23)21-13-7-6-8-14-21/h6-8,13-14,17,19-20H,9-12,15-16,18H2,1-5H3,(H,27,31). The molecule has 1 aromatic carbocycles. The summed E-state index contributed by atoms with van der Waals surface area (Å²) < 4.78 is 1.76. The van der Waals surface area contributed by atoms with Gasteiger partial charge in [-0.3, -0.25) is 9.59 Å². The number of benzene rings is 1. The fourth-order valence-electron chi connectivity index (χ4n) is 4.27. The molecule has 1 aliphatic rings. The molecule has 2 amide bonds. The molecule has 0 atom stereocenters. The second-order valence-corrected chi connectivity index (χ2v) is 10.3. The second-order valence-electron chi connectivity index (χ2n) is 10.3. The zero-order chi connectivity index (χ0) is 23.3. The largest absolute Gasteiger partial charge is 0.331 e. The molecule has 0 bridgehead atoms. The highest BCUT2D eigenvalue weighted by Crippen LogP contribution is 2.29. The molecule has 6 heteroatoms. The van der Waals surface area contributed by atoms with Gasteiger partial charge in [-0.15, -0.1) is 0 Å². The number of rotatable bonds is 8. The fourth-order valence-corrected chi connectivity index (χ4v) is 4.27. The Labute approximate surface area is 192 Å². The SMILES string of the molecule is CC(C)N(CC(=O)Nc1cc(C(C)(C)C)nn1-c1ccccc1)C(=O)CCC1CCCC1. The summed E-state index contributed by atoms with van der Waals surface area (Å²) in [6, 6.07) is 11.7. The number of nitrogens with one attached hydrogen (secondary N) is 1. The van der Waals surface area contributed by atoms with Gasteiger partial charge in [0.15, 0.2) is 0 Å². The Morgan fingerprint density at radius 3 is 2.41 bits per heavy atom. The molecule has 0 spiro atoms.